The molecule has 10 heteroatoms. The number of halogens is 4. The highest BCUT2D eigenvalue weighted by molar-refractivity contribution is 6.31. The second-order valence-corrected chi connectivity index (χ2v) is 4.72. The molecule has 0 radical (unpaired) electrons. The Balaban J connectivity index is 2.97. The topological polar surface area (TPSA) is 92.5 Å². The Hall–Kier alpha value is -1.87. The van der Waals surface area contributed by atoms with Gasteiger partial charge in [-0.2, -0.15) is 13.2 Å². The molecule has 0 aliphatic rings. The molecule has 0 saturated carbocycles. The smallest absolute Gasteiger partial charge is 0.417 e. The molecule has 0 saturated heterocycles. The average molecular weight is 327 g/mol. The van der Waals surface area contributed by atoms with Crippen molar-refractivity contribution in [1.82, 2.24) is 5.32 Å². The van der Waals surface area contributed by atoms with E-state index in [0.717, 1.165) is 18.2 Å². The number of hydrogen-bond donors (Lipinski definition) is 2. The highest BCUT2D eigenvalue weighted by Gasteiger charge is 2.57. The van der Waals surface area contributed by atoms with Crippen LogP contribution in [0.15, 0.2) is 18.2 Å². The molecule has 1 atom stereocenters. The lowest BCUT2D eigenvalue weighted by Crippen LogP contribution is -2.59. The summed E-state index contributed by atoms with van der Waals surface area (Å²) in [5.74, 6) is -2.09. The minimum Gasteiger partial charge on any atom is -0.480 e. The van der Waals surface area contributed by atoms with Gasteiger partial charge in [0, 0.05) is 18.7 Å². The van der Waals surface area contributed by atoms with Crippen LogP contribution in [0.25, 0.3) is 0 Å². The quantitative estimate of drug-likeness (QED) is 0.641. The molecule has 116 valence electrons. The maximum absolute atomic E-state index is 12.8. The molecule has 0 bridgehead atoms. The summed E-state index contributed by atoms with van der Waals surface area (Å²) in [6.45, 7) is -0.0340. The van der Waals surface area contributed by atoms with Gasteiger partial charge in [-0.15, -0.1) is 0 Å². The van der Waals surface area contributed by atoms with Crippen molar-refractivity contribution in [3.05, 3.63) is 38.9 Å². The standard InChI is InChI=1S/C11H10ClF3N2O4/c1-10(9(18)19,11(13,14)15)16-5-6-2-3-7(17(20)21)4-8(6)12/h2-4,16H,5H2,1H3,(H,18,19). The molecule has 2 N–H and O–H groups in total. The number of alkyl halides is 3. The zero-order chi connectivity index (χ0) is 16.4. The minimum absolute atomic E-state index is 0.110. The lowest BCUT2D eigenvalue weighted by molar-refractivity contribution is -0.384. The van der Waals surface area contributed by atoms with E-state index in [9.17, 15) is 28.1 Å². The van der Waals surface area contributed by atoms with Crippen LogP contribution >= 0.6 is 11.6 Å². The highest BCUT2D eigenvalue weighted by Crippen LogP contribution is 2.31. The lowest BCUT2D eigenvalue weighted by Gasteiger charge is -2.28. The zero-order valence-electron chi connectivity index (χ0n) is 10.6. The van der Waals surface area contributed by atoms with Crippen molar-refractivity contribution in [2.75, 3.05) is 0 Å². The summed E-state index contributed by atoms with van der Waals surface area (Å²) < 4.78 is 38.3. The van der Waals surface area contributed by atoms with Crippen molar-refractivity contribution in [3.8, 4) is 0 Å². The SMILES string of the molecule is CC(NCc1ccc([N+](=O)[O-])cc1Cl)(C(=O)O)C(F)(F)F. The van der Waals surface area contributed by atoms with E-state index in [2.05, 4.69) is 0 Å². The lowest BCUT2D eigenvalue weighted by atomic mass is 10.0. The number of carboxylic acids is 1. The van der Waals surface area contributed by atoms with Gasteiger partial charge in [0.2, 0.25) is 5.54 Å². The molecule has 1 aromatic rings. The van der Waals surface area contributed by atoms with Crippen LogP contribution in [-0.4, -0.2) is 27.7 Å². The second kappa shape index (κ2) is 5.86. The van der Waals surface area contributed by atoms with Gasteiger partial charge in [0.1, 0.15) is 0 Å². The molecule has 0 aliphatic carbocycles. The molecule has 6 nitrogen and oxygen atoms in total. The van der Waals surface area contributed by atoms with Crippen LogP contribution in [0.5, 0.6) is 0 Å². The number of aliphatic carboxylic acids is 1. The first-order valence-electron chi connectivity index (χ1n) is 5.47. The summed E-state index contributed by atoms with van der Waals surface area (Å²) in [5, 5.41) is 21.0. The van der Waals surface area contributed by atoms with Crippen LogP contribution < -0.4 is 5.32 Å². The summed E-state index contributed by atoms with van der Waals surface area (Å²) in [6, 6.07) is 3.20. The second-order valence-electron chi connectivity index (χ2n) is 4.31. The first kappa shape index (κ1) is 17.2. The normalized spacial score (nSPS) is 14.5. The van der Waals surface area contributed by atoms with E-state index in [1.165, 1.54) is 0 Å². The number of nitro benzene ring substituents is 1. The maximum atomic E-state index is 12.8. The Morgan fingerprint density at radius 2 is 2.05 bits per heavy atom. The van der Waals surface area contributed by atoms with Gasteiger partial charge in [-0.25, -0.2) is 4.79 Å². The number of non-ortho nitro benzene ring substituents is 1. The number of nitrogens with zero attached hydrogens (tertiary/aromatic N) is 1. The van der Waals surface area contributed by atoms with Crippen LogP contribution in [-0.2, 0) is 11.3 Å². The van der Waals surface area contributed by atoms with Crippen molar-refractivity contribution in [1.29, 1.82) is 0 Å². The molecule has 1 aromatic carbocycles. The first-order valence-corrected chi connectivity index (χ1v) is 5.85. The van der Waals surface area contributed by atoms with Gasteiger partial charge in [0.25, 0.3) is 5.69 Å². The summed E-state index contributed by atoms with van der Waals surface area (Å²) in [4.78, 5) is 20.6. The van der Waals surface area contributed by atoms with Gasteiger partial charge < -0.3 is 5.11 Å². The molecule has 21 heavy (non-hydrogen) atoms. The average Bonchev–Trinajstić information content (AvgIpc) is 2.34. The fraction of sp³-hybridized carbons (Fsp3) is 0.364. The molecular formula is C11H10ClF3N2O4. The van der Waals surface area contributed by atoms with E-state index in [4.69, 9.17) is 16.7 Å². The summed E-state index contributed by atoms with van der Waals surface area (Å²) in [5.41, 5.74) is -3.36. The van der Waals surface area contributed by atoms with Crippen LogP contribution in [0.3, 0.4) is 0 Å². The molecular weight excluding hydrogens is 317 g/mol. The Bertz CT molecular complexity index is 579. The van der Waals surface area contributed by atoms with E-state index < -0.39 is 29.2 Å². The molecule has 0 aromatic heterocycles. The largest absolute Gasteiger partial charge is 0.480 e. The number of nitro groups is 1. The zero-order valence-corrected chi connectivity index (χ0v) is 11.3. The molecule has 0 aliphatic heterocycles. The van der Waals surface area contributed by atoms with Crippen LogP contribution in [0.2, 0.25) is 5.02 Å². The molecule has 0 spiro atoms. The van der Waals surface area contributed by atoms with Crippen molar-refractivity contribution < 1.29 is 28.0 Å². The maximum Gasteiger partial charge on any atom is 0.417 e. The number of nitrogens with one attached hydrogen (secondary N) is 1. The molecule has 0 heterocycles. The number of rotatable bonds is 5. The predicted molar refractivity (Wildman–Crippen MR) is 67.0 cm³/mol. The summed E-state index contributed by atoms with van der Waals surface area (Å²) in [6.07, 6.45) is -5.02. The Labute approximate surface area is 121 Å². The number of hydrogen-bond acceptors (Lipinski definition) is 4. The highest BCUT2D eigenvalue weighted by atomic mass is 35.5. The monoisotopic (exact) mass is 326 g/mol. The van der Waals surface area contributed by atoms with Crippen molar-refractivity contribution in [2.24, 2.45) is 0 Å². The van der Waals surface area contributed by atoms with Crippen molar-refractivity contribution in [2.45, 2.75) is 25.2 Å². The molecule has 0 fully saturated rings. The Morgan fingerprint density at radius 1 is 1.48 bits per heavy atom. The van der Waals surface area contributed by atoms with Gasteiger partial charge >= 0.3 is 12.1 Å². The van der Waals surface area contributed by atoms with E-state index in [-0.39, 0.29) is 16.3 Å². The first-order chi connectivity index (χ1) is 9.49. The van der Waals surface area contributed by atoms with Crippen LogP contribution in [0.4, 0.5) is 18.9 Å². The minimum atomic E-state index is -5.02. The van der Waals surface area contributed by atoms with E-state index in [1.54, 1.807) is 0 Å². The van der Waals surface area contributed by atoms with Gasteiger partial charge in [0.15, 0.2) is 0 Å². The molecule has 1 unspecified atom stereocenters. The van der Waals surface area contributed by atoms with Gasteiger partial charge in [0.05, 0.1) is 9.95 Å². The van der Waals surface area contributed by atoms with Gasteiger partial charge in [-0.05, 0) is 18.6 Å². The van der Waals surface area contributed by atoms with E-state index in [0.29, 0.717) is 6.92 Å². The Kier molecular flexibility index (Phi) is 4.79. The number of benzene rings is 1. The number of carbonyl (C=O) groups is 1. The fourth-order valence-electron chi connectivity index (χ4n) is 1.36. The van der Waals surface area contributed by atoms with Crippen molar-refractivity contribution in [3.63, 3.8) is 0 Å². The number of carboxylic acid groups (broad SMARTS) is 1. The van der Waals surface area contributed by atoms with E-state index >= 15 is 0 Å². The van der Waals surface area contributed by atoms with Gasteiger partial charge in [-0.1, -0.05) is 11.6 Å². The van der Waals surface area contributed by atoms with Gasteiger partial charge in [-0.3, -0.25) is 15.4 Å². The third-order valence-electron chi connectivity index (χ3n) is 2.87. The molecule has 1 rings (SSSR count). The predicted octanol–water partition coefficient (Wildman–Crippen LogP) is 2.74. The van der Waals surface area contributed by atoms with Crippen LogP contribution in [0, 0.1) is 10.1 Å². The van der Waals surface area contributed by atoms with Crippen molar-refractivity contribution >= 4 is 23.3 Å². The molecule has 0 amide bonds. The summed E-state index contributed by atoms with van der Waals surface area (Å²) in [7, 11) is 0. The van der Waals surface area contributed by atoms with E-state index in [1.807, 2.05) is 5.32 Å². The third kappa shape index (κ3) is 3.61. The third-order valence-corrected chi connectivity index (χ3v) is 3.23. The Morgan fingerprint density at radius 3 is 2.43 bits per heavy atom. The van der Waals surface area contributed by atoms with Crippen LogP contribution in [0.1, 0.15) is 12.5 Å². The summed E-state index contributed by atoms with van der Waals surface area (Å²) >= 11 is 5.72. The fourth-order valence-corrected chi connectivity index (χ4v) is 1.60.